The highest BCUT2D eigenvalue weighted by atomic mass is 32.2. The lowest BCUT2D eigenvalue weighted by atomic mass is 9.95. The van der Waals surface area contributed by atoms with Gasteiger partial charge in [0.05, 0.1) is 13.2 Å². The lowest BCUT2D eigenvalue weighted by Crippen LogP contribution is -2.56. The number of hydrogen-bond acceptors (Lipinski definition) is 4. The number of hydrogen-bond donors (Lipinski definition) is 2. The maximum Gasteiger partial charge on any atom is 0.317 e. The SMILES string of the molecule is CCS[C@@H]1CCCC[C@@H]1NC(=O)N1CCO[C@@H](C(N)=O)C1. The molecule has 2 aliphatic rings. The molecule has 0 aromatic heterocycles. The maximum atomic E-state index is 12.4. The summed E-state index contributed by atoms with van der Waals surface area (Å²) >= 11 is 1.92. The van der Waals surface area contributed by atoms with Crippen LogP contribution in [-0.2, 0) is 9.53 Å². The van der Waals surface area contributed by atoms with E-state index in [1.807, 2.05) is 11.8 Å². The van der Waals surface area contributed by atoms with Crippen LogP contribution in [0.15, 0.2) is 0 Å². The first-order valence-electron chi connectivity index (χ1n) is 7.69. The lowest BCUT2D eigenvalue weighted by molar-refractivity contribution is -0.133. The highest BCUT2D eigenvalue weighted by molar-refractivity contribution is 7.99. The minimum Gasteiger partial charge on any atom is -0.367 e. The molecular weight excluding hydrogens is 290 g/mol. The molecule has 3 atom stereocenters. The van der Waals surface area contributed by atoms with E-state index in [9.17, 15) is 9.59 Å². The van der Waals surface area contributed by atoms with Crippen LogP contribution < -0.4 is 11.1 Å². The molecule has 3 amide bonds. The van der Waals surface area contributed by atoms with Gasteiger partial charge in [-0.15, -0.1) is 0 Å². The molecule has 0 aromatic carbocycles. The number of urea groups is 1. The Balaban J connectivity index is 1.88. The van der Waals surface area contributed by atoms with Crippen LogP contribution in [0.25, 0.3) is 0 Å². The summed E-state index contributed by atoms with van der Waals surface area (Å²) in [5.74, 6) is 0.558. The summed E-state index contributed by atoms with van der Waals surface area (Å²) in [6.45, 7) is 3.27. The number of primary amides is 1. The molecule has 120 valence electrons. The van der Waals surface area contributed by atoms with Gasteiger partial charge >= 0.3 is 6.03 Å². The number of rotatable bonds is 4. The third-order valence-electron chi connectivity index (χ3n) is 4.06. The van der Waals surface area contributed by atoms with Crippen LogP contribution >= 0.6 is 11.8 Å². The Kier molecular flexibility index (Phi) is 6.17. The van der Waals surface area contributed by atoms with Crippen LogP contribution in [0, 0.1) is 0 Å². The van der Waals surface area contributed by atoms with Gasteiger partial charge in [0.1, 0.15) is 0 Å². The van der Waals surface area contributed by atoms with Crippen LogP contribution in [-0.4, -0.2) is 59.7 Å². The summed E-state index contributed by atoms with van der Waals surface area (Å²) in [6, 6.07) is 0.129. The van der Waals surface area contributed by atoms with E-state index in [2.05, 4.69) is 12.2 Å². The number of amides is 3. The molecule has 0 radical (unpaired) electrons. The number of carbonyl (C=O) groups excluding carboxylic acids is 2. The van der Waals surface area contributed by atoms with Crippen LogP contribution in [0.2, 0.25) is 0 Å². The number of nitrogens with two attached hydrogens (primary N) is 1. The lowest BCUT2D eigenvalue weighted by Gasteiger charge is -2.36. The second-order valence-corrected chi connectivity index (χ2v) is 7.06. The van der Waals surface area contributed by atoms with E-state index >= 15 is 0 Å². The van der Waals surface area contributed by atoms with Gasteiger partial charge in [-0.05, 0) is 18.6 Å². The van der Waals surface area contributed by atoms with Crippen molar-refractivity contribution >= 4 is 23.7 Å². The number of morpholine rings is 1. The molecule has 1 aliphatic carbocycles. The molecule has 21 heavy (non-hydrogen) atoms. The summed E-state index contributed by atoms with van der Waals surface area (Å²) in [7, 11) is 0. The van der Waals surface area contributed by atoms with Gasteiger partial charge in [0.25, 0.3) is 0 Å². The Bertz CT molecular complexity index is 378. The highest BCUT2D eigenvalue weighted by Gasteiger charge is 2.31. The van der Waals surface area contributed by atoms with Gasteiger partial charge in [-0.3, -0.25) is 4.79 Å². The second-order valence-electron chi connectivity index (χ2n) is 5.54. The number of carbonyl (C=O) groups is 2. The molecule has 6 nitrogen and oxygen atoms in total. The van der Waals surface area contributed by atoms with Crippen molar-refractivity contribution in [3.05, 3.63) is 0 Å². The van der Waals surface area contributed by atoms with Gasteiger partial charge in [0.2, 0.25) is 5.91 Å². The predicted molar refractivity (Wildman–Crippen MR) is 83.2 cm³/mol. The van der Waals surface area contributed by atoms with E-state index in [0.717, 1.165) is 18.6 Å². The van der Waals surface area contributed by atoms with E-state index < -0.39 is 12.0 Å². The van der Waals surface area contributed by atoms with Gasteiger partial charge in [-0.1, -0.05) is 19.8 Å². The zero-order valence-electron chi connectivity index (χ0n) is 12.5. The number of thioether (sulfide) groups is 1. The summed E-state index contributed by atoms with van der Waals surface area (Å²) in [5.41, 5.74) is 5.25. The largest absolute Gasteiger partial charge is 0.367 e. The smallest absolute Gasteiger partial charge is 0.317 e. The van der Waals surface area contributed by atoms with Gasteiger partial charge < -0.3 is 20.7 Å². The van der Waals surface area contributed by atoms with Crippen molar-refractivity contribution in [1.82, 2.24) is 10.2 Å². The first-order valence-corrected chi connectivity index (χ1v) is 8.74. The Morgan fingerprint density at radius 1 is 1.38 bits per heavy atom. The zero-order chi connectivity index (χ0) is 15.2. The maximum absolute atomic E-state index is 12.4. The monoisotopic (exact) mass is 315 g/mol. The van der Waals surface area contributed by atoms with Crippen molar-refractivity contribution < 1.29 is 14.3 Å². The molecule has 1 aliphatic heterocycles. The molecule has 1 heterocycles. The van der Waals surface area contributed by atoms with Crippen LogP contribution in [0.1, 0.15) is 32.6 Å². The molecule has 7 heteroatoms. The molecule has 2 fully saturated rings. The Morgan fingerprint density at radius 2 is 2.14 bits per heavy atom. The number of ether oxygens (including phenoxy) is 1. The van der Waals surface area contributed by atoms with E-state index in [0.29, 0.717) is 18.4 Å². The van der Waals surface area contributed by atoms with E-state index in [-0.39, 0.29) is 18.6 Å². The fourth-order valence-electron chi connectivity index (χ4n) is 2.93. The summed E-state index contributed by atoms with van der Waals surface area (Å²) in [5, 5.41) is 3.64. The molecular formula is C14H25N3O3S. The molecule has 2 rings (SSSR count). The normalized spacial score (nSPS) is 30.0. The Hall–Kier alpha value is -0.950. The van der Waals surface area contributed by atoms with Crippen molar-refractivity contribution in [2.75, 3.05) is 25.4 Å². The number of nitrogens with zero attached hydrogens (tertiary/aromatic N) is 1. The third-order valence-corrected chi connectivity index (χ3v) is 5.39. The molecule has 0 aromatic rings. The molecule has 1 saturated carbocycles. The van der Waals surface area contributed by atoms with Crippen molar-refractivity contribution in [3.63, 3.8) is 0 Å². The quantitative estimate of drug-likeness (QED) is 0.809. The first kappa shape index (κ1) is 16.4. The van der Waals surface area contributed by atoms with E-state index in [4.69, 9.17) is 10.5 Å². The van der Waals surface area contributed by atoms with Crippen molar-refractivity contribution in [3.8, 4) is 0 Å². The van der Waals surface area contributed by atoms with E-state index in [1.54, 1.807) is 4.90 Å². The highest BCUT2D eigenvalue weighted by Crippen LogP contribution is 2.28. The summed E-state index contributed by atoms with van der Waals surface area (Å²) in [6.07, 6.45) is 3.92. The fourth-order valence-corrected chi connectivity index (χ4v) is 4.13. The molecule has 0 unspecified atom stereocenters. The first-order chi connectivity index (χ1) is 10.1. The van der Waals surface area contributed by atoms with Gasteiger partial charge in [0.15, 0.2) is 6.10 Å². The number of nitrogens with one attached hydrogen (secondary N) is 1. The standard InChI is InChI=1S/C14H25N3O3S/c1-2-21-12-6-4-3-5-10(12)16-14(19)17-7-8-20-11(9-17)13(15)18/h10-12H,2-9H2,1H3,(H2,15,18)(H,16,19)/t10-,11+,12+/m0/s1. The molecule has 3 N–H and O–H groups in total. The van der Waals surface area contributed by atoms with E-state index in [1.165, 1.54) is 12.8 Å². The second kappa shape index (κ2) is 7.89. The third kappa shape index (κ3) is 4.51. The Labute approximate surface area is 130 Å². The average Bonchev–Trinajstić information content (AvgIpc) is 2.49. The van der Waals surface area contributed by atoms with Crippen LogP contribution in [0.4, 0.5) is 4.79 Å². The van der Waals surface area contributed by atoms with Crippen LogP contribution in [0.3, 0.4) is 0 Å². The van der Waals surface area contributed by atoms with Crippen molar-refractivity contribution in [2.24, 2.45) is 5.73 Å². The zero-order valence-corrected chi connectivity index (χ0v) is 13.4. The predicted octanol–water partition coefficient (Wildman–Crippen LogP) is 0.946. The van der Waals surface area contributed by atoms with Gasteiger partial charge in [-0.2, -0.15) is 11.8 Å². The molecule has 0 spiro atoms. The minimum absolute atomic E-state index is 0.0989. The van der Waals surface area contributed by atoms with Crippen LogP contribution in [0.5, 0.6) is 0 Å². The fraction of sp³-hybridized carbons (Fsp3) is 0.857. The summed E-state index contributed by atoms with van der Waals surface area (Å²) in [4.78, 5) is 25.2. The summed E-state index contributed by atoms with van der Waals surface area (Å²) < 4.78 is 5.27. The van der Waals surface area contributed by atoms with Crippen molar-refractivity contribution in [2.45, 2.75) is 50.0 Å². The van der Waals surface area contributed by atoms with Gasteiger partial charge in [0, 0.05) is 17.8 Å². The van der Waals surface area contributed by atoms with Gasteiger partial charge in [-0.25, -0.2) is 4.79 Å². The molecule has 1 saturated heterocycles. The topological polar surface area (TPSA) is 84.7 Å². The van der Waals surface area contributed by atoms with Crippen molar-refractivity contribution in [1.29, 1.82) is 0 Å². The minimum atomic E-state index is -0.684. The molecule has 0 bridgehead atoms. The average molecular weight is 315 g/mol. The Morgan fingerprint density at radius 3 is 2.86 bits per heavy atom.